The third-order valence-electron chi connectivity index (χ3n) is 4.59. The molecule has 0 amide bonds. The lowest BCUT2D eigenvalue weighted by Gasteiger charge is -2.34. The highest BCUT2D eigenvalue weighted by molar-refractivity contribution is 5.98. The maximum Gasteiger partial charge on any atom is 0.168 e. The highest BCUT2D eigenvalue weighted by atomic mass is 35.5. The lowest BCUT2D eigenvalue weighted by atomic mass is 9.96. The first-order chi connectivity index (χ1) is 11.3. The second-order valence-corrected chi connectivity index (χ2v) is 6.25. The standard InChI is InChI=1S/C18H26N2O3.2ClH/c21-18(16-4-2-1-3-5-16)17(14-19-6-10-22-11-7-19)15-20-8-12-23-13-9-20;;/h1-5,17H,6-15H2;2*1H. The summed E-state index contributed by atoms with van der Waals surface area (Å²) in [5, 5.41) is 0. The number of carbonyl (C=O) groups excluding carboxylic acids is 1. The van der Waals surface area contributed by atoms with Crippen molar-refractivity contribution in [2.24, 2.45) is 5.92 Å². The molecular formula is C18H28Cl2N2O3. The summed E-state index contributed by atoms with van der Waals surface area (Å²) in [7, 11) is 0. The molecule has 0 aliphatic carbocycles. The Bertz CT molecular complexity index is 472. The van der Waals surface area contributed by atoms with Gasteiger partial charge < -0.3 is 9.47 Å². The Hall–Kier alpha value is -0.690. The molecule has 3 rings (SSSR count). The van der Waals surface area contributed by atoms with Crippen LogP contribution in [-0.4, -0.2) is 81.3 Å². The fourth-order valence-corrected chi connectivity index (χ4v) is 3.25. The Balaban J connectivity index is 0.00000156. The Morgan fingerprint density at radius 3 is 1.72 bits per heavy atom. The zero-order valence-electron chi connectivity index (χ0n) is 14.5. The van der Waals surface area contributed by atoms with Crippen LogP contribution in [0.3, 0.4) is 0 Å². The van der Waals surface area contributed by atoms with Crippen molar-refractivity contribution >= 4 is 30.6 Å². The van der Waals surface area contributed by atoms with Gasteiger partial charge in [0.1, 0.15) is 0 Å². The van der Waals surface area contributed by atoms with Crippen LogP contribution in [0.2, 0.25) is 0 Å². The van der Waals surface area contributed by atoms with Gasteiger partial charge in [-0.15, -0.1) is 24.8 Å². The Morgan fingerprint density at radius 1 is 0.840 bits per heavy atom. The average molecular weight is 391 g/mol. The van der Waals surface area contributed by atoms with Gasteiger partial charge in [-0.3, -0.25) is 14.6 Å². The van der Waals surface area contributed by atoms with Crippen LogP contribution in [-0.2, 0) is 9.47 Å². The van der Waals surface area contributed by atoms with E-state index in [1.165, 1.54) is 0 Å². The molecule has 2 aliphatic heterocycles. The minimum Gasteiger partial charge on any atom is -0.379 e. The van der Waals surface area contributed by atoms with E-state index in [-0.39, 0.29) is 36.5 Å². The topological polar surface area (TPSA) is 42.0 Å². The van der Waals surface area contributed by atoms with Crippen molar-refractivity contribution in [1.29, 1.82) is 0 Å². The number of ketones is 1. The SMILES string of the molecule is Cl.Cl.O=C(c1ccccc1)C(CN1CCOCC1)CN1CCOCC1. The van der Waals surface area contributed by atoms with Crippen LogP contribution in [0.4, 0.5) is 0 Å². The summed E-state index contributed by atoms with van der Waals surface area (Å²) in [5.74, 6) is 0.261. The summed E-state index contributed by atoms with van der Waals surface area (Å²) in [5.41, 5.74) is 0.819. The molecule has 0 saturated carbocycles. The summed E-state index contributed by atoms with van der Waals surface area (Å²) >= 11 is 0. The Labute approximate surface area is 162 Å². The third-order valence-corrected chi connectivity index (χ3v) is 4.59. The van der Waals surface area contributed by atoms with Gasteiger partial charge in [-0.25, -0.2) is 0 Å². The molecule has 0 spiro atoms. The van der Waals surface area contributed by atoms with Gasteiger partial charge in [-0.05, 0) is 0 Å². The zero-order chi connectivity index (χ0) is 15.9. The summed E-state index contributed by atoms with van der Waals surface area (Å²) < 4.78 is 10.8. The first kappa shape index (κ1) is 22.4. The normalized spacial score (nSPS) is 19.1. The van der Waals surface area contributed by atoms with Crippen molar-refractivity contribution in [2.45, 2.75) is 0 Å². The van der Waals surface area contributed by atoms with Crippen molar-refractivity contribution in [3.8, 4) is 0 Å². The largest absolute Gasteiger partial charge is 0.379 e. The molecule has 0 radical (unpaired) electrons. The van der Waals surface area contributed by atoms with E-state index in [0.29, 0.717) is 0 Å². The Morgan fingerprint density at radius 2 is 1.28 bits per heavy atom. The number of hydrogen-bond donors (Lipinski definition) is 0. The smallest absolute Gasteiger partial charge is 0.168 e. The summed E-state index contributed by atoms with van der Waals surface area (Å²) in [6, 6.07) is 9.68. The van der Waals surface area contributed by atoms with Gasteiger partial charge in [0.15, 0.2) is 5.78 Å². The molecule has 2 fully saturated rings. The summed E-state index contributed by atoms with van der Waals surface area (Å²) in [6.45, 7) is 8.37. The average Bonchev–Trinajstić information content (AvgIpc) is 2.63. The number of benzene rings is 1. The van der Waals surface area contributed by atoms with Crippen molar-refractivity contribution < 1.29 is 14.3 Å². The van der Waals surface area contributed by atoms with Gasteiger partial charge in [0.05, 0.1) is 26.4 Å². The highest BCUT2D eigenvalue weighted by Gasteiger charge is 2.26. The van der Waals surface area contributed by atoms with Crippen LogP contribution < -0.4 is 0 Å². The van der Waals surface area contributed by atoms with Crippen LogP contribution >= 0.6 is 24.8 Å². The fourth-order valence-electron chi connectivity index (χ4n) is 3.25. The molecular weight excluding hydrogens is 363 g/mol. The number of halogens is 2. The predicted molar refractivity (Wildman–Crippen MR) is 103 cm³/mol. The molecule has 2 saturated heterocycles. The molecule has 0 unspecified atom stereocenters. The van der Waals surface area contributed by atoms with Crippen molar-refractivity contribution in [2.75, 3.05) is 65.7 Å². The summed E-state index contributed by atoms with van der Waals surface area (Å²) in [6.07, 6.45) is 0. The molecule has 2 heterocycles. The zero-order valence-corrected chi connectivity index (χ0v) is 16.1. The molecule has 25 heavy (non-hydrogen) atoms. The van der Waals surface area contributed by atoms with E-state index in [0.717, 1.165) is 71.3 Å². The monoisotopic (exact) mass is 390 g/mol. The molecule has 0 N–H and O–H groups in total. The van der Waals surface area contributed by atoms with Gasteiger partial charge in [0, 0.05) is 50.7 Å². The minimum absolute atomic E-state index is 0. The van der Waals surface area contributed by atoms with E-state index in [1.54, 1.807) is 0 Å². The van der Waals surface area contributed by atoms with Gasteiger partial charge in [-0.2, -0.15) is 0 Å². The van der Waals surface area contributed by atoms with Crippen LogP contribution in [0.25, 0.3) is 0 Å². The molecule has 1 aromatic carbocycles. The van der Waals surface area contributed by atoms with E-state index in [9.17, 15) is 4.79 Å². The van der Waals surface area contributed by atoms with Crippen molar-refractivity contribution in [3.05, 3.63) is 35.9 Å². The van der Waals surface area contributed by atoms with E-state index < -0.39 is 0 Å². The van der Waals surface area contributed by atoms with Gasteiger partial charge >= 0.3 is 0 Å². The second kappa shape index (κ2) is 11.8. The number of rotatable bonds is 6. The number of carbonyl (C=O) groups is 1. The number of morpholine rings is 2. The first-order valence-electron chi connectivity index (χ1n) is 8.52. The minimum atomic E-state index is 0. The third kappa shape index (κ3) is 6.85. The lowest BCUT2D eigenvalue weighted by molar-refractivity contribution is 0.0130. The van der Waals surface area contributed by atoms with Gasteiger partial charge in [-0.1, -0.05) is 30.3 Å². The quantitative estimate of drug-likeness (QED) is 0.694. The maximum atomic E-state index is 13.0. The van der Waals surface area contributed by atoms with Crippen LogP contribution in [0.15, 0.2) is 30.3 Å². The second-order valence-electron chi connectivity index (χ2n) is 6.25. The van der Waals surface area contributed by atoms with Gasteiger partial charge in [0.2, 0.25) is 0 Å². The number of hydrogen-bond acceptors (Lipinski definition) is 5. The molecule has 7 heteroatoms. The van der Waals surface area contributed by atoms with E-state index in [1.807, 2.05) is 30.3 Å². The van der Waals surface area contributed by atoms with Crippen molar-refractivity contribution in [3.63, 3.8) is 0 Å². The van der Waals surface area contributed by atoms with E-state index >= 15 is 0 Å². The molecule has 1 aromatic rings. The molecule has 142 valence electrons. The highest BCUT2D eigenvalue weighted by Crippen LogP contribution is 2.14. The maximum absolute atomic E-state index is 13.0. The molecule has 0 atom stereocenters. The van der Waals surface area contributed by atoms with Crippen LogP contribution in [0.1, 0.15) is 10.4 Å². The van der Waals surface area contributed by atoms with Crippen molar-refractivity contribution in [1.82, 2.24) is 9.80 Å². The Kier molecular flexibility index (Phi) is 10.6. The lowest BCUT2D eigenvalue weighted by Crippen LogP contribution is -2.47. The first-order valence-corrected chi connectivity index (χ1v) is 8.52. The summed E-state index contributed by atoms with van der Waals surface area (Å²) in [4.78, 5) is 17.7. The van der Waals surface area contributed by atoms with E-state index in [4.69, 9.17) is 9.47 Å². The number of ether oxygens (including phenoxy) is 2. The van der Waals surface area contributed by atoms with E-state index in [2.05, 4.69) is 9.80 Å². The molecule has 0 aromatic heterocycles. The van der Waals surface area contributed by atoms with Crippen LogP contribution in [0, 0.1) is 5.92 Å². The van der Waals surface area contributed by atoms with Gasteiger partial charge in [0.25, 0.3) is 0 Å². The van der Waals surface area contributed by atoms with Crippen LogP contribution in [0.5, 0.6) is 0 Å². The fraction of sp³-hybridized carbons (Fsp3) is 0.611. The predicted octanol–water partition coefficient (Wildman–Crippen LogP) is 1.99. The molecule has 2 aliphatic rings. The molecule has 0 bridgehead atoms. The number of nitrogens with zero attached hydrogens (tertiary/aromatic N) is 2. The molecule has 5 nitrogen and oxygen atoms in total. The number of Topliss-reactive ketones (excluding diaryl/α,β-unsaturated/α-hetero) is 1.